The lowest BCUT2D eigenvalue weighted by molar-refractivity contribution is 0.415. The van der Waals surface area contributed by atoms with Crippen molar-refractivity contribution in [2.75, 3.05) is 18.2 Å². The number of aromatic nitrogens is 3. The summed E-state index contributed by atoms with van der Waals surface area (Å²) in [7, 11) is 1.67. The second-order valence-electron chi connectivity index (χ2n) is 7.40. The van der Waals surface area contributed by atoms with E-state index in [9.17, 15) is 0 Å². The van der Waals surface area contributed by atoms with Crippen LogP contribution in [0.4, 0.5) is 17.5 Å². The van der Waals surface area contributed by atoms with Crippen molar-refractivity contribution in [3.8, 4) is 28.1 Å². The highest BCUT2D eigenvalue weighted by atomic mass is 16.5. The largest absolute Gasteiger partial charge is 0.497 e. The van der Waals surface area contributed by atoms with Gasteiger partial charge in [0.25, 0.3) is 0 Å². The molecule has 1 aliphatic rings. The quantitative estimate of drug-likeness (QED) is 0.432. The normalized spacial score (nSPS) is 12.0. The lowest BCUT2D eigenvalue weighted by Gasteiger charge is -2.19. The van der Waals surface area contributed by atoms with Crippen molar-refractivity contribution in [1.82, 2.24) is 20.3 Å². The van der Waals surface area contributed by atoms with Crippen molar-refractivity contribution >= 4 is 23.5 Å². The number of fused-ring (bicyclic) bond motifs is 1. The van der Waals surface area contributed by atoms with Gasteiger partial charge in [-0.25, -0.2) is 15.0 Å². The molecule has 0 radical (unpaired) electrons. The number of nitrogens with two attached hydrogens (primary N) is 1. The highest BCUT2D eigenvalue weighted by Gasteiger charge is 2.15. The molecule has 0 fully saturated rings. The van der Waals surface area contributed by atoms with Gasteiger partial charge in [-0.1, -0.05) is 24.3 Å². The molecule has 2 aromatic heterocycles. The third-order valence-electron chi connectivity index (χ3n) is 5.36. The zero-order valence-corrected chi connectivity index (χ0v) is 17.5. The molecule has 4 N–H and O–H groups in total. The number of hydrogen-bond donors (Lipinski definition) is 3. The highest BCUT2D eigenvalue weighted by Crippen LogP contribution is 2.31. The van der Waals surface area contributed by atoms with E-state index in [0.717, 1.165) is 50.8 Å². The molecule has 7 nitrogen and oxygen atoms in total. The maximum Gasteiger partial charge on any atom is 0.219 e. The van der Waals surface area contributed by atoms with Gasteiger partial charge in [-0.15, -0.1) is 0 Å². The van der Waals surface area contributed by atoms with Crippen LogP contribution in [0, 0.1) is 0 Å². The molecule has 0 aliphatic carbocycles. The number of benzene rings is 2. The van der Waals surface area contributed by atoms with Gasteiger partial charge in [-0.3, -0.25) is 0 Å². The van der Waals surface area contributed by atoms with E-state index in [1.165, 1.54) is 0 Å². The van der Waals surface area contributed by atoms with Crippen LogP contribution in [-0.4, -0.2) is 22.1 Å². The van der Waals surface area contributed by atoms with Crippen molar-refractivity contribution in [1.29, 1.82) is 0 Å². The maximum atomic E-state index is 5.64. The number of pyridine rings is 1. The van der Waals surface area contributed by atoms with E-state index >= 15 is 0 Å². The third-order valence-corrected chi connectivity index (χ3v) is 5.36. The number of nitrogens with zero attached hydrogens (tertiary/aromatic N) is 3. The number of nitrogen functional groups attached to an aromatic ring is 1. The van der Waals surface area contributed by atoms with Crippen LogP contribution >= 0.6 is 0 Å². The molecule has 32 heavy (non-hydrogen) atoms. The average molecular weight is 422 g/mol. The zero-order valence-electron chi connectivity index (χ0n) is 17.5. The summed E-state index contributed by atoms with van der Waals surface area (Å²) >= 11 is 0. The van der Waals surface area contributed by atoms with Crippen LogP contribution in [-0.2, 0) is 6.54 Å². The van der Waals surface area contributed by atoms with E-state index in [4.69, 9.17) is 15.5 Å². The lowest BCUT2D eigenvalue weighted by atomic mass is 10.0. The Labute approximate surface area is 186 Å². The predicted molar refractivity (Wildman–Crippen MR) is 127 cm³/mol. The Kier molecular flexibility index (Phi) is 5.13. The molecular weight excluding hydrogens is 400 g/mol. The van der Waals surface area contributed by atoms with Gasteiger partial charge < -0.3 is 21.1 Å². The van der Waals surface area contributed by atoms with Crippen molar-refractivity contribution < 1.29 is 4.74 Å². The Morgan fingerprint density at radius 3 is 2.31 bits per heavy atom. The summed E-state index contributed by atoms with van der Waals surface area (Å²) in [4.78, 5) is 13.1. The fraction of sp³-hybridized carbons (Fsp3) is 0.0800. The summed E-state index contributed by atoms with van der Waals surface area (Å²) in [6.07, 6.45) is 7.36. The summed E-state index contributed by atoms with van der Waals surface area (Å²) < 4.78 is 5.24. The highest BCUT2D eigenvalue weighted by molar-refractivity contribution is 5.74. The third kappa shape index (κ3) is 3.96. The number of methoxy groups -OCH3 is 1. The van der Waals surface area contributed by atoms with Crippen LogP contribution in [0.3, 0.4) is 0 Å². The predicted octanol–water partition coefficient (Wildman–Crippen LogP) is 4.61. The summed E-state index contributed by atoms with van der Waals surface area (Å²) in [5.41, 5.74) is 12.7. The Morgan fingerprint density at radius 2 is 1.62 bits per heavy atom. The van der Waals surface area contributed by atoms with Crippen molar-refractivity contribution in [3.63, 3.8) is 0 Å². The van der Waals surface area contributed by atoms with Crippen LogP contribution in [0.15, 0.2) is 73.2 Å². The van der Waals surface area contributed by atoms with Gasteiger partial charge >= 0.3 is 0 Å². The van der Waals surface area contributed by atoms with Gasteiger partial charge in [0.15, 0.2) is 0 Å². The van der Waals surface area contributed by atoms with E-state index in [1.807, 2.05) is 30.5 Å². The fourth-order valence-corrected chi connectivity index (χ4v) is 3.62. The van der Waals surface area contributed by atoms with E-state index in [2.05, 4.69) is 57.0 Å². The van der Waals surface area contributed by atoms with Crippen molar-refractivity contribution in [3.05, 3.63) is 84.3 Å². The molecule has 0 bridgehead atoms. The van der Waals surface area contributed by atoms with Crippen LogP contribution in [0.1, 0.15) is 11.1 Å². The molecule has 1 aliphatic heterocycles. The first-order valence-electron chi connectivity index (χ1n) is 10.2. The van der Waals surface area contributed by atoms with E-state index in [-0.39, 0.29) is 5.95 Å². The molecular formula is C25H22N6O. The molecule has 0 saturated carbocycles. The second kappa shape index (κ2) is 8.39. The van der Waals surface area contributed by atoms with Gasteiger partial charge in [0.05, 0.1) is 12.8 Å². The van der Waals surface area contributed by atoms with E-state index < -0.39 is 0 Å². The number of hydrogen-bond acceptors (Lipinski definition) is 7. The first kappa shape index (κ1) is 19.6. The monoisotopic (exact) mass is 422 g/mol. The van der Waals surface area contributed by atoms with Crippen molar-refractivity contribution in [2.24, 2.45) is 0 Å². The molecule has 0 amide bonds. The standard InChI is InChI=1S/C25H22N6O/c1-32-21-8-4-17(5-9-21)16-2-6-20(7-3-16)30-24-22-15-27-11-10-18(22)12-23(31-24)19-13-28-25(26)29-14-19/h2-14,27H,15H2,1H3,(H,30,31)(H2,26,28,29). The number of anilines is 3. The molecule has 0 unspecified atom stereocenters. The molecule has 0 saturated heterocycles. The topological polar surface area (TPSA) is 98.0 Å². The molecule has 0 spiro atoms. The Balaban J connectivity index is 1.45. The molecule has 4 aromatic rings. The molecule has 0 atom stereocenters. The summed E-state index contributed by atoms with van der Waals surface area (Å²) in [5, 5.41) is 6.74. The first-order chi connectivity index (χ1) is 15.7. The Hall–Kier alpha value is -4.39. The molecule has 3 heterocycles. The minimum Gasteiger partial charge on any atom is -0.497 e. The molecule has 5 rings (SSSR count). The van der Waals surface area contributed by atoms with Gasteiger partial charge in [-0.05, 0) is 59.3 Å². The maximum absolute atomic E-state index is 5.64. The number of rotatable bonds is 5. The SMILES string of the molecule is COc1ccc(-c2ccc(Nc3nc(-c4cnc(N)nc4)cc4c3CNC=C4)cc2)cc1. The minimum atomic E-state index is 0.242. The lowest BCUT2D eigenvalue weighted by Crippen LogP contribution is -2.14. The second-order valence-corrected chi connectivity index (χ2v) is 7.40. The smallest absolute Gasteiger partial charge is 0.219 e. The van der Waals surface area contributed by atoms with Gasteiger partial charge in [0.1, 0.15) is 11.6 Å². The number of nitrogens with one attached hydrogen (secondary N) is 2. The number of ether oxygens (including phenoxy) is 1. The first-order valence-corrected chi connectivity index (χ1v) is 10.2. The average Bonchev–Trinajstić information content (AvgIpc) is 2.85. The Bertz CT molecular complexity index is 1270. The van der Waals surface area contributed by atoms with Gasteiger partial charge in [0.2, 0.25) is 5.95 Å². The van der Waals surface area contributed by atoms with E-state index in [0.29, 0.717) is 6.54 Å². The molecule has 2 aromatic carbocycles. The van der Waals surface area contributed by atoms with E-state index in [1.54, 1.807) is 19.5 Å². The summed E-state index contributed by atoms with van der Waals surface area (Å²) in [6, 6.07) is 18.4. The summed E-state index contributed by atoms with van der Waals surface area (Å²) in [5.74, 6) is 1.88. The Morgan fingerprint density at radius 1 is 0.938 bits per heavy atom. The minimum absolute atomic E-state index is 0.242. The van der Waals surface area contributed by atoms with Gasteiger partial charge in [0, 0.05) is 35.8 Å². The fourth-order valence-electron chi connectivity index (χ4n) is 3.62. The van der Waals surface area contributed by atoms with Crippen LogP contribution in [0.5, 0.6) is 5.75 Å². The summed E-state index contributed by atoms with van der Waals surface area (Å²) in [6.45, 7) is 0.698. The van der Waals surface area contributed by atoms with Gasteiger partial charge in [-0.2, -0.15) is 0 Å². The van der Waals surface area contributed by atoms with Crippen LogP contribution in [0.2, 0.25) is 0 Å². The van der Waals surface area contributed by atoms with Crippen molar-refractivity contribution in [2.45, 2.75) is 6.54 Å². The molecule has 158 valence electrons. The van der Waals surface area contributed by atoms with Crippen LogP contribution in [0.25, 0.3) is 28.5 Å². The molecule has 7 heteroatoms. The zero-order chi connectivity index (χ0) is 21.9. The van der Waals surface area contributed by atoms with Crippen LogP contribution < -0.4 is 21.1 Å².